The van der Waals surface area contributed by atoms with E-state index in [1.165, 1.54) is 0 Å². The number of rotatable bonds is 3. The van der Waals surface area contributed by atoms with Crippen LogP contribution in [0.1, 0.15) is 25.7 Å². The molecule has 1 atom stereocenters. The fraction of sp³-hybridized carbons (Fsp3) is 0.600. The SMILES string of the molecule is CC(C)[C@H](N)c1nc2c(N3CCOCC3)cc(Cl)nc2n1C. The molecule has 6 nitrogen and oxygen atoms in total. The molecule has 0 bridgehead atoms. The van der Waals surface area contributed by atoms with E-state index in [9.17, 15) is 0 Å². The third-order valence-electron chi connectivity index (χ3n) is 4.18. The van der Waals surface area contributed by atoms with E-state index in [1.54, 1.807) is 0 Å². The highest BCUT2D eigenvalue weighted by Gasteiger charge is 2.23. The number of hydrogen-bond donors (Lipinski definition) is 1. The first kappa shape index (κ1) is 15.5. The van der Waals surface area contributed by atoms with Crippen LogP contribution in [0.25, 0.3) is 11.2 Å². The lowest BCUT2D eigenvalue weighted by Gasteiger charge is -2.28. The van der Waals surface area contributed by atoms with Crippen molar-refractivity contribution in [2.75, 3.05) is 31.2 Å². The topological polar surface area (TPSA) is 69.2 Å². The molecular formula is C15H22ClN5O. The van der Waals surface area contributed by atoms with E-state index in [0.29, 0.717) is 24.3 Å². The smallest absolute Gasteiger partial charge is 0.163 e. The van der Waals surface area contributed by atoms with Gasteiger partial charge in [-0.3, -0.25) is 0 Å². The van der Waals surface area contributed by atoms with E-state index in [2.05, 4.69) is 23.7 Å². The van der Waals surface area contributed by atoms with Gasteiger partial charge in [-0.15, -0.1) is 0 Å². The molecule has 0 aliphatic carbocycles. The lowest BCUT2D eigenvalue weighted by molar-refractivity contribution is 0.123. The maximum atomic E-state index is 6.29. The molecule has 3 heterocycles. The minimum Gasteiger partial charge on any atom is -0.378 e. The van der Waals surface area contributed by atoms with Gasteiger partial charge in [0, 0.05) is 26.2 Å². The molecule has 1 aliphatic heterocycles. The Bertz CT molecular complexity index is 678. The summed E-state index contributed by atoms with van der Waals surface area (Å²) in [4.78, 5) is 11.5. The van der Waals surface area contributed by atoms with Gasteiger partial charge in [-0.1, -0.05) is 25.4 Å². The van der Waals surface area contributed by atoms with Crippen molar-refractivity contribution < 1.29 is 4.74 Å². The van der Waals surface area contributed by atoms with Crippen molar-refractivity contribution >= 4 is 28.5 Å². The molecule has 2 N–H and O–H groups in total. The molecule has 1 saturated heterocycles. The summed E-state index contributed by atoms with van der Waals surface area (Å²) in [5, 5.41) is 0.474. The summed E-state index contributed by atoms with van der Waals surface area (Å²) in [6, 6.07) is 1.75. The van der Waals surface area contributed by atoms with E-state index in [0.717, 1.165) is 35.8 Å². The van der Waals surface area contributed by atoms with Gasteiger partial charge in [-0.25, -0.2) is 9.97 Å². The van der Waals surface area contributed by atoms with Crippen molar-refractivity contribution in [3.05, 3.63) is 17.0 Å². The van der Waals surface area contributed by atoms with E-state index in [1.807, 2.05) is 17.7 Å². The molecule has 2 aromatic heterocycles. The number of nitrogens with zero attached hydrogens (tertiary/aromatic N) is 4. The van der Waals surface area contributed by atoms with Gasteiger partial charge in [0.2, 0.25) is 0 Å². The number of hydrogen-bond acceptors (Lipinski definition) is 5. The number of anilines is 1. The molecule has 0 saturated carbocycles. The maximum absolute atomic E-state index is 6.29. The summed E-state index contributed by atoms with van der Waals surface area (Å²) in [7, 11) is 1.94. The van der Waals surface area contributed by atoms with Crippen LogP contribution in [0.2, 0.25) is 5.15 Å². The predicted octanol–water partition coefficient (Wildman–Crippen LogP) is 2.11. The van der Waals surface area contributed by atoms with Crippen LogP contribution in [-0.4, -0.2) is 40.8 Å². The van der Waals surface area contributed by atoms with E-state index < -0.39 is 0 Å². The van der Waals surface area contributed by atoms with Crippen LogP contribution in [0.15, 0.2) is 6.07 Å². The predicted molar refractivity (Wildman–Crippen MR) is 88.3 cm³/mol. The third kappa shape index (κ3) is 2.66. The fourth-order valence-electron chi connectivity index (χ4n) is 2.76. The minimum atomic E-state index is -0.129. The van der Waals surface area contributed by atoms with Crippen molar-refractivity contribution in [1.29, 1.82) is 0 Å². The van der Waals surface area contributed by atoms with Crippen molar-refractivity contribution in [1.82, 2.24) is 14.5 Å². The van der Waals surface area contributed by atoms with Crippen LogP contribution in [0.5, 0.6) is 0 Å². The van der Waals surface area contributed by atoms with Gasteiger partial charge in [0.05, 0.1) is 24.9 Å². The maximum Gasteiger partial charge on any atom is 0.163 e. The summed E-state index contributed by atoms with van der Waals surface area (Å²) < 4.78 is 7.38. The second-order valence-electron chi connectivity index (χ2n) is 6.03. The van der Waals surface area contributed by atoms with Gasteiger partial charge < -0.3 is 19.9 Å². The number of aryl methyl sites for hydroxylation is 1. The second kappa shape index (κ2) is 6.02. The third-order valence-corrected chi connectivity index (χ3v) is 4.37. The quantitative estimate of drug-likeness (QED) is 0.876. The number of aromatic nitrogens is 3. The van der Waals surface area contributed by atoms with Crippen LogP contribution >= 0.6 is 11.6 Å². The first-order chi connectivity index (χ1) is 10.5. The average molecular weight is 324 g/mol. The van der Waals surface area contributed by atoms with Gasteiger partial charge >= 0.3 is 0 Å². The molecule has 0 unspecified atom stereocenters. The lowest BCUT2D eigenvalue weighted by atomic mass is 10.1. The molecule has 0 spiro atoms. The lowest BCUT2D eigenvalue weighted by Crippen LogP contribution is -2.36. The molecule has 1 fully saturated rings. The van der Waals surface area contributed by atoms with Gasteiger partial charge in [0.15, 0.2) is 5.65 Å². The number of halogens is 1. The van der Waals surface area contributed by atoms with Crippen molar-refractivity contribution in [3.8, 4) is 0 Å². The summed E-state index contributed by atoms with van der Waals surface area (Å²) in [6.45, 7) is 7.27. The Morgan fingerprint density at radius 1 is 1.27 bits per heavy atom. The zero-order valence-corrected chi connectivity index (χ0v) is 14.0. The molecule has 1 aliphatic rings. The summed E-state index contributed by atoms with van der Waals surface area (Å²) in [6.07, 6.45) is 0. The first-order valence-electron chi connectivity index (χ1n) is 7.60. The monoisotopic (exact) mass is 323 g/mol. The minimum absolute atomic E-state index is 0.129. The number of morpholine rings is 1. The fourth-order valence-corrected chi connectivity index (χ4v) is 2.95. The highest BCUT2D eigenvalue weighted by molar-refractivity contribution is 6.30. The number of nitrogens with two attached hydrogens (primary N) is 1. The van der Waals surface area contributed by atoms with Gasteiger partial charge in [-0.05, 0) is 5.92 Å². The molecule has 0 amide bonds. The highest BCUT2D eigenvalue weighted by Crippen LogP contribution is 2.31. The molecule has 2 aromatic rings. The normalized spacial score (nSPS) is 17.5. The number of pyridine rings is 1. The van der Waals surface area contributed by atoms with Gasteiger partial charge in [-0.2, -0.15) is 0 Å². The van der Waals surface area contributed by atoms with E-state index >= 15 is 0 Å². The Balaban J connectivity index is 2.14. The first-order valence-corrected chi connectivity index (χ1v) is 7.98. The zero-order valence-electron chi connectivity index (χ0n) is 13.2. The Morgan fingerprint density at radius 3 is 2.59 bits per heavy atom. The van der Waals surface area contributed by atoms with E-state index in [-0.39, 0.29) is 6.04 Å². The molecule has 120 valence electrons. The van der Waals surface area contributed by atoms with Crippen LogP contribution in [0.4, 0.5) is 5.69 Å². The Labute approximate surface area is 135 Å². The Morgan fingerprint density at radius 2 is 1.95 bits per heavy atom. The van der Waals surface area contributed by atoms with Crippen LogP contribution in [0.3, 0.4) is 0 Å². The Hall–Kier alpha value is -1.37. The number of ether oxygens (including phenoxy) is 1. The van der Waals surface area contributed by atoms with Gasteiger partial charge in [0.1, 0.15) is 16.5 Å². The standard InChI is InChI=1S/C15H22ClN5O/c1-9(2)12(17)14-19-13-10(21-4-6-22-7-5-21)8-11(16)18-15(13)20(14)3/h8-9,12H,4-7,17H2,1-3H3/t12-/m0/s1. The molecule has 0 aromatic carbocycles. The summed E-state index contributed by atoms with van der Waals surface area (Å²) >= 11 is 6.23. The van der Waals surface area contributed by atoms with Crippen LogP contribution in [-0.2, 0) is 11.8 Å². The van der Waals surface area contributed by atoms with E-state index in [4.69, 9.17) is 27.1 Å². The molecular weight excluding hydrogens is 302 g/mol. The Kier molecular flexibility index (Phi) is 4.25. The largest absolute Gasteiger partial charge is 0.378 e. The van der Waals surface area contributed by atoms with Crippen molar-refractivity contribution in [2.45, 2.75) is 19.9 Å². The average Bonchev–Trinajstić information content (AvgIpc) is 2.84. The van der Waals surface area contributed by atoms with Crippen molar-refractivity contribution in [2.24, 2.45) is 18.7 Å². The summed E-state index contributed by atoms with van der Waals surface area (Å²) in [5.41, 5.74) is 8.94. The molecule has 0 radical (unpaired) electrons. The highest BCUT2D eigenvalue weighted by atomic mass is 35.5. The van der Waals surface area contributed by atoms with Crippen LogP contribution in [0, 0.1) is 5.92 Å². The summed E-state index contributed by atoms with van der Waals surface area (Å²) in [5.74, 6) is 1.15. The second-order valence-corrected chi connectivity index (χ2v) is 6.42. The van der Waals surface area contributed by atoms with Crippen molar-refractivity contribution in [3.63, 3.8) is 0 Å². The molecule has 3 rings (SSSR count). The molecule has 22 heavy (non-hydrogen) atoms. The van der Waals surface area contributed by atoms with Crippen LogP contribution < -0.4 is 10.6 Å². The zero-order chi connectivity index (χ0) is 15.9. The number of imidazole rings is 1. The number of fused-ring (bicyclic) bond motifs is 1. The van der Waals surface area contributed by atoms with Gasteiger partial charge in [0.25, 0.3) is 0 Å². The molecule has 7 heteroatoms.